The van der Waals surface area contributed by atoms with Crippen LogP contribution in [0.2, 0.25) is 0 Å². The van der Waals surface area contributed by atoms with Crippen LogP contribution in [0, 0.1) is 0 Å². The lowest BCUT2D eigenvalue weighted by Gasteiger charge is -2.16. The number of ether oxygens (including phenoxy) is 1. The number of nitrogens with one attached hydrogen (secondary N) is 1. The fourth-order valence-electron chi connectivity index (χ4n) is 1.80. The molecule has 0 aliphatic carbocycles. The normalized spacial score (nSPS) is 22.2. The molecule has 0 aromatic heterocycles. The fraction of sp³-hybridized carbons (Fsp3) is 0.455. The number of benzene rings is 1. The molecule has 1 aliphatic heterocycles. The predicted octanol–water partition coefficient (Wildman–Crippen LogP) is 1.77. The highest BCUT2D eigenvalue weighted by Crippen LogP contribution is 2.35. The summed E-state index contributed by atoms with van der Waals surface area (Å²) >= 11 is 0. The summed E-state index contributed by atoms with van der Waals surface area (Å²) < 4.78 is 5.59. The molecule has 0 saturated carbocycles. The molecule has 2 atom stereocenters. The lowest BCUT2D eigenvalue weighted by molar-refractivity contribution is 0.308. The van der Waals surface area contributed by atoms with E-state index in [1.54, 1.807) is 0 Å². The van der Waals surface area contributed by atoms with Gasteiger partial charge in [-0.1, -0.05) is 18.2 Å². The molecule has 2 heteroatoms. The second kappa shape index (κ2) is 3.38. The molecule has 70 valence electrons. The first-order valence-corrected chi connectivity index (χ1v) is 4.72. The molecule has 1 aromatic carbocycles. The largest absolute Gasteiger partial charge is 0.493 e. The minimum Gasteiger partial charge on any atom is -0.493 e. The number of likely N-dealkylation sites (N-methyl/N-ethyl adjacent to an activating group) is 1. The average molecular weight is 177 g/mol. The van der Waals surface area contributed by atoms with Gasteiger partial charge in [0.25, 0.3) is 0 Å². The van der Waals surface area contributed by atoms with Gasteiger partial charge in [0, 0.05) is 17.5 Å². The molecular weight excluding hydrogens is 162 g/mol. The van der Waals surface area contributed by atoms with E-state index in [2.05, 4.69) is 24.4 Å². The van der Waals surface area contributed by atoms with Gasteiger partial charge in [-0.15, -0.1) is 0 Å². The number of fused-ring (bicyclic) bond motifs is 1. The third-order valence-electron chi connectivity index (χ3n) is 2.80. The maximum atomic E-state index is 5.59. The van der Waals surface area contributed by atoms with Crippen molar-refractivity contribution in [2.75, 3.05) is 13.7 Å². The number of rotatable bonds is 2. The van der Waals surface area contributed by atoms with E-state index >= 15 is 0 Å². The van der Waals surface area contributed by atoms with Gasteiger partial charge in [0.1, 0.15) is 5.75 Å². The highest BCUT2D eigenvalue weighted by atomic mass is 16.5. The summed E-state index contributed by atoms with van der Waals surface area (Å²) in [6.45, 7) is 3.00. The van der Waals surface area contributed by atoms with Crippen molar-refractivity contribution in [2.24, 2.45) is 0 Å². The Morgan fingerprint density at radius 3 is 3.00 bits per heavy atom. The summed E-state index contributed by atoms with van der Waals surface area (Å²) in [5.41, 5.74) is 1.34. The Balaban J connectivity index is 2.28. The van der Waals surface area contributed by atoms with Gasteiger partial charge in [0.2, 0.25) is 0 Å². The molecule has 1 N–H and O–H groups in total. The zero-order valence-corrected chi connectivity index (χ0v) is 8.08. The van der Waals surface area contributed by atoms with Crippen LogP contribution in [0.4, 0.5) is 0 Å². The van der Waals surface area contributed by atoms with Gasteiger partial charge in [-0.25, -0.2) is 0 Å². The van der Waals surface area contributed by atoms with Gasteiger partial charge in [-0.3, -0.25) is 0 Å². The summed E-state index contributed by atoms with van der Waals surface area (Å²) in [7, 11) is 1.99. The Morgan fingerprint density at radius 2 is 2.23 bits per heavy atom. The maximum absolute atomic E-state index is 5.59. The second-order valence-corrected chi connectivity index (χ2v) is 3.53. The third kappa shape index (κ3) is 1.42. The van der Waals surface area contributed by atoms with Gasteiger partial charge in [0.15, 0.2) is 0 Å². The summed E-state index contributed by atoms with van der Waals surface area (Å²) in [4.78, 5) is 0. The maximum Gasteiger partial charge on any atom is 0.122 e. The Morgan fingerprint density at radius 1 is 1.46 bits per heavy atom. The van der Waals surface area contributed by atoms with E-state index in [0.717, 1.165) is 12.4 Å². The first-order chi connectivity index (χ1) is 6.33. The van der Waals surface area contributed by atoms with Crippen molar-refractivity contribution in [2.45, 2.75) is 18.9 Å². The summed E-state index contributed by atoms with van der Waals surface area (Å²) in [5, 5.41) is 3.27. The quantitative estimate of drug-likeness (QED) is 0.743. The van der Waals surface area contributed by atoms with E-state index in [1.165, 1.54) is 5.56 Å². The SMILES string of the molecule is CNC(C)C1COc2ccccc21. The Hall–Kier alpha value is -1.02. The van der Waals surface area contributed by atoms with Gasteiger partial charge in [0.05, 0.1) is 6.61 Å². The fourth-order valence-corrected chi connectivity index (χ4v) is 1.80. The Bertz CT molecular complexity index is 298. The van der Waals surface area contributed by atoms with E-state index in [4.69, 9.17) is 4.74 Å². The van der Waals surface area contributed by atoms with Crippen molar-refractivity contribution < 1.29 is 4.74 Å². The van der Waals surface area contributed by atoms with Crippen LogP contribution in [-0.2, 0) is 0 Å². The number of hydrogen-bond donors (Lipinski definition) is 1. The highest BCUT2D eigenvalue weighted by Gasteiger charge is 2.27. The van der Waals surface area contributed by atoms with E-state index < -0.39 is 0 Å². The molecule has 13 heavy (non-hydrogen) atoms. The van der Waals surface area contributed by atoms with Crippen LogP contribution in [0.5, 0.6) is 5.75 Å². The van der Waals surface area contributed by atoms with Crippen LogP contribution in [0.3, 0.4) is 0 Å². The summed E-state index contributed by atoms with van der Waals surface area (Å²) in [6, 6.07) is 8.76. The van der Waals surface area contributed by atoms with Crippen LogP contribution >= 0.6 is 0 Å². The summed E-state index contributed by atoms with van der Waals surface area (Å²) in [5.74, 6) is 1.55. The minimum absolute atomic E-state index is 0.476. The van der Waals surface area contributed by atoms with Gasteiger partial charge in [-0.05, 0) is 20.0 Å². The minimum atomic E-state index is 0.476. The van der Waals surface area contributed by atoms with E-state index in [1.807, 2.05) is 19.2 Å². The third-order valence-corrected chi connectivity index (χ3v) is 2.80. The molecule has 0 amide bonds. The van der Waals surface area contributed by atoms with Crippen LogP contribution < -0.4 is 10.1 Å². The molecule has 2 unspecified atom stereocenters. The molecule has 0 spiro atoms. The molecule has 2 rings (SSSR count). The van der Waals surface area contributed by atoms with Gasteiger partial charge < -0.3 is 10.1 Å². The van der Waals surface area contributed by atoms with Crippen LogP contribution in [-0.4, -0.2) is 19.7 Å². The number of para-hydroxylation sites is 1. The predicted molar refractivity (Wildman–Crippen MR) is 53.2 cm³/mol. The van der Waals surface area contributed by atoms with Crippen molar-refractivity contribution in [3.8, 4) is 5.75 Å². The topological polar surface area (TPSA) is 21.3 Å². The van der Waals surface area contributed by atoms with E-state index in [0.29, 0.717) is 12.0 Å². The second-order valence-electron chi connectivity index (χ2n) is 3.53. The molecular formula is C11H15NO. The lowest BCUT2D eigenvalue weighted by atomic mass is 9.95. The molecule has 2 nitrogen and oxygen atoms in total. The van der Waals surface area contributed by atoms with Gasteiger partial charge in [-0.2, -0.15) is 0 Å². The van der Waals surface area contributed by atoms with Crippen LogP contribution in [0.1, 0.15) is 18.4 Å². The molecule has 0 radical (unpaired) electrons. The first-order valence-electron chi connectivity index (χ1n) is 4.72. The van der Waals surface area contributed by atoms with Crippen molar-refractivity contribution in [1.82, 2.24) is 5.32 Å². The summed E-state index contributed by atoms with van der Waals surface area (Å²) in [6.07, 6.45) is 0. The zero-order chi connectivity index (χ0) is 9.26. The van der Waals surface area contributed by atoms with Crippen molar-refractivity contribution in [3.05, 3.63) is 29.8 Å². The molecule has 1 aromatic rings. The van der Waals surface area contributed by atoms with Gasteiger partial charge >= 0.3 is 0 Å². The van der Waals surface area contributed by atoms with E-state index in [9.17, 15) is 0 Å². The standard InChI is InChI=1S/C11H15NO/c1-8(12-2)10-7-13-11-6-4-3-5-9(10)11/h3-6,8,10,12H,7H2,1-2H3. The average Bonchev–Trinajstić information content (AvgIpc) is 2.60. The molecule has 0 fully saturated rings. The Kier molecular flexibility index (Phi) is 2.23. The smallest absolute Gasteiger partial charge is 0.122 e. The molecule has 0 bridgehead atoms. The van der Waals surface area contributed by atoms with Crippen LogP contribution in [0.15, 0.2) is 24.3 Å². The van der Waals surface area contributed by atoms with E-state index in [-0.39, 0.29) is 0 Å². The van der Waals surface area contributed by atoms with Crippen molar-refractivity contribution in [3.63, 3.8) is 0 Å². The molecule has 1 heterocycles. The highest BCUT2D eigenvalue weighted by molar-refractivity contribution is 5.40. The molecule has 1 aliphatic rings. The lowest BCUT2D eigenvalue weighted by Crippen LogP contribution is -2.29. The van der Waals surface area contributed by atoms with Crippen LogP contribution in [0.25, 0.3) is 0 Å². The van der Waals surface area contributed by atoms with Crippen molar-refractivity contribution in [1.29, 1.82) is 0 Å². The monoisotopic (exact) mass is 177 g/mol. The Labute approximate surface area is 78.9 Å². The number of hydrogen-bond acceptors (Lipinski definition) is 2. The molecule has 0 saturated heterocycles. The first kappa shape index (κ1) is 8.57. The zero-order valence-electron chi connectivity index (χ0n) is 8.08. The van der Waals surface area contributed by atoms with Crippen molar-refractivity contribution >= 4 is 0 Å².